The van der Waals surface area contributed by atoms with Crippen LogP contribution in [0.4, 0.5) is 8.78 Å². The molecule has 4 aromatic rings. The number of rotatable bonds is 6. The number of phenolic OH excluding ortho intramolecular Hbond substituents is 1. The number of aryl methyl sites for hydroxylation is 1. The number of aromatic hydroxyl groups is 1. The van der Waals surface area contributed by atoms with Gasteiger partial charge in [0, 0.05) is 53.6 Å². The lowest BCUT2D eigenvalue weighted by Crippen LogP contribution is -2.46. The van der Waals surface area contributed by atoms with Crippen molar-refractivity contribution in [2.24, 2.45) is 5.92 Å². The van der Waals surface area contributed by atoms with E-state index < -0.39 is 17.8 Å². The van der Waals surface area contributed by atoms with E-state index in [0.29, 0.717) is 23.5 Å². The van der Waals surface area contributed by atoms with Gasteiger partial charge in [0.25, 0.3) is 5.91 Å². The van der Waals surface area contributed by atoms with Gasteiger partial charge in [-0.05, 0) is 54.8 Å². The Bertz CT molecular complexity index is 1480. The minimum absolute atomic E-state index is 0.142. The first-order chi connectivity index (χ1) is 17.9. The highest BCUT2D eigenvalue weighted by molar-refractivity contribution is 5.93. The molecule has 5 rings (SSSR count). The third-order valence-corrected chi connectivity index (χ3v) is 6.40. The minimum Gasteiger partial charge on any atom is -0.508 e. The maximum Gasteiger partial charge on any atom is 0.270 e. The van der Waals surface area contributed by atoms with Crippen LogP contribution in [0, 0.1) is 30.5 Å². The largest absolute Gasteiger partial charge is 0.508 e. The molecule has 37 heavy (non-hydrogen) atoms. The monoisotopic (exact) mass is 500 g/mol. The standard InChI is InChI=1S/C29H26F2N4O2/c1-18-12-19(6-7-20-16-35(17-20)11-10-30)13-26(32-18)29(37)34-28(23-15-22(31)8-9-27(23)36)25-14-21-4-2-3-5-24(21)33-25/h2-5,8-9,12-15,20,28,33,36H,10-11,16-17H2,1H3,(H,34,37). The number of nitrogens with zero attached hydrogens (tertiary/aromatic N) is 2. The van der Waals surface area contributed by atoms with E-state index in [1.54, 1.807) is 19.1 Å². The molecule has 1 unspecified atom stereocenters. The Kier molecular flexibility index (Phi) is 6.89. The highest BCUT2D eigenvalue weighted by Crippen LogP contribution is 2.32. The summed E-state index contributed by atoms with van der Waals surface area (Å²) in [5.74, 6) is 5.30. The average Bonchev–Trinajstić information content (AvgIpc) is 3.29. The zero-order valence-electron chi connectivity index (χ0n) is 20.3. The van der Waals surface area contributed by atoms with E-state index in [1.807, 2.05) is 35.2 Å². The van der Waals surface area contributed by atoms with Crippen LogP contribution in [0.2, 0.25) is 0 Å². The summed E-state index contributed by atoms with van der Waals surface area (Å²) >= 11 is 0. The molecule has 2 aromatic carbocycles. The van der Waals surface area contributed by atoms with E-state index in [1.165, 1.54) is 12.1 Å². The second-order valence-corrected chi connectivity index (χ2v) is 9.22. The van der Waals surface area contributed by atoms with Crippen molar-refractivity contribution in [2.75, 3.05) is 26.3 Å². The summed E-state index contributed by atoms with van der Waals surface area (Å²) in [5, 5.41) is 14.3. The van der Waals surface area contributed by atoms with Gasteiger partial charge < -0.3 is 15.4 Å². The number of likely N-dealkylation sites (tertiary alicyclic amines) is 1. The van der Waals surface area contributed by atoms with E-state index in [9.17, 15) is 18.7 Å². The van der Waals surface area contributed by atoms with Gasteiger partial charge in [0.1, 0.15) is 23.9 Å². The van der Waals surface area contributed by atoms with Crippen molar-refractivity contribution >= 4 is 16.8 Å². The maximum absolute atomic E-state index is 14.2. The lowest BCUT2D eigenvalue weighted by molar-refractivity contribution is 0.0936. The van der Waals surface area contributed by atoms with Gasteiger partial charge in [0.15, 0.2) is 0 Å². The number of phenols is 1. The Hall–Kier alpha value is -4.22. The Labute approximate surface area is 213 Å². The first-order valence-corrected chi connectivity index (χ1v) is 12.0. The molecule has 1 amide bonds. The number of pyridine rings is 1. The Morgan fingerprint density at radius 2 is 2.03 bits per heavy atom. The number of para-hydroxylation sites is 1. The molecule has 1 saturated heterocycles. The first-order valence-electron chi connectivity index (χ1n) is 12.0. The van der Waals surface area contributed by atoms with Gasteiger partial charge in [-0.2, -0.15) is 0 Å². The zero-order valence-corrected chi connectivity index (χ0v) is 20.3. The van der Waals surface area contributed by atoms with Crippen molar-refractivity contribution in [1.29, 1.82) is 0 Å². The summed E-state index contributed by atoms with van der Waals surface area (Å²) in [5.41, 5.74) is 3.09. The molecule has 1 atom stereocenters. The molecule has 0 aliphatic carbocycles. The van der Waals surface area contributed by atoms with E-state index in [0.717, 1.165) is 30.1 Å². The predicted octanol–water partition coefficient (Wildman–Crippen LogP) is 4.49. The number of H-pyrrole nitrogens is 1. The molecule has 188 valence electrons. The van der Waals surface area contributed by atoms with Crippen molar-refractivity contribution in [3.8, 4) is 17.6 Å². The molecule has 3 heterocycles. The summed E-state index contributed by atoms with van der Waals surface area (Å²) in [4.78, 5) is 23.0. The summed E-state index contributed by atoms with van der Waals surface area (Å²) in [7, 11) is 0. The van der Waals surface area contributed by atoms with Crippen LogP contribution in [0.25, 0.3) is 10.9 Å². The zero-order chi connectivity index (χ0) is 25.9. The number of hydrogen-bond acceptors (Lipinski definition) is 4. The molecule has 1 aliphatic heterocycles. The third-order valence-electron chi connectivity index (χ3n) is 6.40. The molecule has 6 nitrogen and oxygen atoms in total. The van der Waals surface area contributed by atoms with Gasteiger partial charge in [0.05, 0.1) is 6.04 Å². The van der Waals surface area contributed by atoms with Crippen LogP contribution in [-0.4, -0.2) is 52.2 Å². The van der Waals surface area contributed by atoms with Crippen LogP contribution < -0.4 is 5.32 Å². The fraction of sp³-hybridized carbons (Fsp3) is 0.241. The molecule has 1 aliphatic rings. The minimum atomic E-state index is -0.857. The van der Waals surface area contributed by atoms with Crippen LogP contribution in [0.15, 0.2) is 60.7 Å². The lowest BCUT2D eigenvalue weighted by Gasteiger charge is -2.35. The van der Waals surface area contributed by atoms with Gasteiger partial charge in [-0.1, -0.05) is 30.0 Å². The Morgan fingerprint density at radius 1 is 1.22 bits per heavy atom. The van der Waals surface area contributed by atoms with Gasteiger partial charge in [-0.3, -0.25) is 9.69 Å². The predicted molar refractivity (Wildman–Crippen MR) is 137 cm³/mol. The molecule has 2 aromatic heterocycles. The molecule has 3 N–H and O–H groups in total. The van der Waals surface area contributed by atoms with Gasteiger partial charge >= 0.3 is 0 Å². The number of carbonyl (C=O) groups is 1. The summed E-state index contributed by atoms with van der Waals surface area (Å²) in [6, 6.07) is 15.6. The molecule has 0 spiro atoms. The van der Waals surface area contributed by atoms with E-state index in [4.69, 9.17) is 0 Å². The topological polar surface area (TPSA) is 81.2 Å². The highest BCUT2D eigenvalue weighted by atomic mass is 19.1. The third kappa shape index (κ3) is 5.47. The number of aromatic nitrogens is 2. The summed E-state index contributed by atoms with van der Waals surface area (Å²) in [6.07, 6.45) is 0. The number of nitrogens with one attached hydrogen (secondary N) is 2. The Morgan fingerprint density at radius 3 is 2.81 bits per heavy atom. The smallest absolute Gasteiger partial charge is 0.270 e. The average molecular weight is 501 g/mol. The second kappa shape index (κ2) is 10.4. The molecule has 0 saturated carbocycles. The lowest BCUT2D eigenvalue weighted by atomic mass is 10.0. The molecule has 8 heteroatoms. The van der Waals surface area contributed by atoms with Crippen molar-refractivity contribution in [3.05, 3.63) is 94.7 Å². The van der Waals surface area contributed by atoms with Gasteiger partial charge in [0.2, 0.25) is 0 Å². The number of aromatic amines is 1. The number of hydrogen-bond donors (Lipinski definition) is 3. The fourth-order valence-electron chi connectivity index (χ4n) is 4.54. The molecular formula is C29H26F2N4O2. The fourth-order valence-corrected chi connectivity index (χ4v) is 4.54. The van der Waals surface area contributed by atoms with Crippen LogP contribution in [-0.2, 0) is 0 Å². The van der Waals surface area contributed by atoms with Crippen LogP contribution in [0.3, 0.4) is 0 Å². The normalized spacial score (nSPS) is 14.6. The van der Waals surface area contributed by atoms with Gasteiger partial charge in [-0.15, -0.1) is 0 Å². The SMILES string of the molecule is Cc1cc(C#CC2CN(CCF)C2)cc(C(=O)NC(c2cc3ccccc3[nH]2)c2cc(F)ccc2O)n1. The molecular weight excluding hydrogens is 474 g/mol. The van der Waals surface area contributed by atoms with Gasteiger partial charge in [-0.25, -0.2) is 13.8 Å². The first kappa shape index (κ1) is 24.5. The number of fused-ring (bicyclic) bond motifs is 1. The number of halogens is 2. The number of benzene rings is 2. The Balaban J connectivity index is 1.43. The molecule has 0 radical (unpaired) electrons. The van der Waals surface area contributed by atoms with Crippen LogP contribution in [0.5, 0.6) is 5.75 Å². The van der Waals surface area contributed by atoms with Crippen molar-refractivity contribution in [2.45, 2.75) is 13.0 Å². The molecule has 1 fully saturated rings. The van der Waals surface area contributed by atoms with E-state index in [-0.39, 0.29) is 29.6 Å². The number of carbonyl (C=O) groups excluding carboxylic acids is 1. The van der Waals surface area contributed by atoms with Crippen molar-refractivity contribution < 1.29 is 18.7 Å². The van der Waals surface area contributed by atoms with E-state index >= 15 is 0 Å². The van der Waals surface area contributed by atoms with Crippen LogP contribution in [0.1, 0.15) is 39.0 Å². The van der Waals surface area contributed by atoms with E-state index in [2.05, 4.69) is 27.1 Å². The van der Waals surface area contributed by atoms with Crippen molar-refractivity contribution in [1.82, 2.24) is 20.2 Å². The second-order valence-electron chi connectivity index (χ2n) is 9.22. The summed E-state index contributed by atoms with van der Waals surface area (Å²) < 4.78 is 26.6. The molecule has 0 bridgehead atoms. The van der Waals surface area contributed by atoms with Crippen LogP contribution >= 0.6 is 0 Å². The quantitative estimate of drug-likeness (QED) is 0.341. The number of amides is 1. The highest BCUT2D eigenvalue weighted by Gasteiger charge is 2.25. The maximum atomic E-state index is 14.2. The van der Waals surface area contributed by atoms with Crippen molar-refractivity contribution in [3.63, 3.8) is 0 Å². The summed E-state index contributed by atoms with van der Waals surface area (Å²) in [6.45, 7) is 3.31. The number of alkyl halides is 1.